The molecule has 0 aliphatic carbocycles. The van der Waals surface area contributed by atoms with Gasteiger partial charge in [0, 0.05) is 25.2 Å². The number of hydrogen-bond donors (Lipinski definition) is 0. The fourth-order valence-corrected chi connectivity index (χ4v) is 3.18. The van der Waals surface area contributed by atoms with Gasteiger partial charge in [0.05, 0.1) is 28.7 Å². The average molecular weight is 453 g/mol. The average Bonchev–Trinajstić information content (AvgIpc) is 3.28. The van der Waals surface area contributed by atoms with E-state index < -0.39 is 11.7 Å². The summed E-state index contributed by atoms with van der Waals surface area (Å²) in [4.78, 5) is 22.4. The minimum atomic E-state index is -4.57. The van der Waals surface area contributed by atoms with E-state index in [1.54, 1.807) is 51.5 Å². The van der Waals surface area contributed by atoms with Gasteiger partial charge in [-0.15, -0.1) is 10.2 Å². The van der Waals surface area contributed by atoms with Gasteiger partial charge in [-0.25, -0.2) is 4.98 Å². The highest BCUT2D eigenvalue weighted by Gasteiger charge is 2.35. The maximum Gasteiger partial charge on any atom is 0.417 e. The van der Waals surface area contributed by atoms with Gasteiger partial charge in [0.15, 0.2) is 0 Å². The normalized spacial score (nSPS) is 11.5. The van der Waals surface area contributed by atoms with E-state index in [2.05, 4.69) is 20.2 Å². The third-order valence-corrected chi connectivity index (χ3v) is 4.88. The topological polar surface area (TPSA) is 85.0 Å². The highest BCUT2D eigenvalue weighted by molar-refractivity contribution is 5.94. The number of aromatic nitrogens is 4. The van der Waals surface area contributed by atoms with E-state index in [0.717, 1.165) is 6.07 Å². The van der Waals surface area contributed by atoms with Crippen LogP contribution in [0.25, 0.3) is 34.3 Å². The molecule has 0 saturated heterocycles. The first kappa shape index (κ1) is 22.1. The van der Waals surface area contributed by atoms with Gasteiger partial charge < -0.3 is 9.32 Å². The Labute approximate surface area is 186 Å². The van der Waals surface area contributed by atoms with E-state index in [1.807, 2.05) is 0 Å². The van der Waals surface area contributed by atoms with Gasteiger partial charge in [-0.3, -0.25) is 9.78 Å². The molecule has 0 bridgehead atoms. The summed E-state index contributed by atoms with van der Waals surface area (Å²) >= 11 is 0. The quantitative estimate of drug-likeness (QED) is 0.437. The van der Waals surface area contributed by atoms with Gasteiger partial charge >= 0.3 is 6.18 Å². The van der Waals surface area contributed by atoms with Crippen molar-refractivity contribution >= 4 is 5.91 Å². The van der Waals surface area contributed by atoms with Crippen LogP contribution in [-0.4, -0.2) is 45.1 Å². The molecule has 2 heterocycles. The predicted molar refractivity (Wildman–Crippen MR) is 114 cm³/mol. The molecule has 168 valence electrons. The van der Waals surface area contributed by atoms with Crippen LogP contribution in [0.15, 0.2) is 59.1 Å². The lowest BCUT2D eigenvalue weighted by Gasteiger charge is -2.10. The highest BCUT2D eigenvalue weighted by atomic mass is 19.4. The summed E-state index contributed by atoms with van der Waals surface area (Å²) in [6.45, 7) is 1.68. The van der Waals surface area contributed by atoms with Crippen molar-refractivity contribution in [2.24, 2.45) is 0 Å². The number of alkyl halides is 3. The molecule has 0 unspecified atom stereocenters. The van der Waals surface area contributed by atoms with Gasteiger partial charge in [0.1, 0.15) is 5.69 Å². The van der Waals surface area contributed by atoms with Crippen molar-refractivity contribution in [3.05, 3.63) is 71.5 Å². The number of rotatable bonds is 4. The van der Waals surface area contributed by atoms with E-state index in [9.17, 15) is 18.0 Å². The minimum absolute atomic E-state index is 0.0479. The van der Waals surface area contributed by atoms with Crippen LogP contribution in [0, 0.1) is 6.92 Å². The number of carbonyl (C=O) groups excluding carboxylic acids is 1. The zero-order valence-corrected chi connectivity index (χ0v) is 17.9. The Kier molecular flexibility index (Phi) is 5.67. The SMILES string of the molecule is Cc1ncc(-c2ccc(C(=O)N(C)C)cc2)nc1-c1nnc(-c2ccccc2C(F)(F)F)o1. The third-order valence-electron chi connectivity index (χ3n) is 4.88. The first-order valence-corrected chi connectivity index (χ1v) is 9.81. The first-order valence-electron chi connectivity index (χ1n) is 9.81. The highest BCUT2D eigenvalue weighted by Crippen LogP contribution is 2.37. The summed E-state index contributed by atoms with van der Waals surface area (Å²) in [5.41, 5.74) is 1.34. The van der Waals surface area contributed by atoms with Gasteiger partial charge in [0.25, 0.3) is 11.8 Å². The lowest BCUT2D eigenvalue weighted by Crippen LogP contribution is -2.21. The van der Waals surface area contributed by atoms with Crippen molar-refractivity contribution in [3.8, 4) is 34.3 Å². The van der Waals surface area contributed by atoms with Crippen molar-refractivity contribution in [2.75, 3.05) is 14.1 Å². The van der Waals surface area contributed by atoms with Crippen molar-refractivity contribution in [3.63, 3.8) is 0 Å². The number of carbonyl (C=O) groups is 1. The van der Waals surface area contributed by atoms with Crippen molar-refractivity contribution in [2.45, 2.75) is 13.1 Å². The lowest BCUT2D eigenvalue weighted by molar-refractivity contribution is -0.137. The number of amides is 1. The molecule has 0 atom stereocenters. The Bertz CT molecular complexity index is 1310. The lowest BCUT2D eigenvalue weighted by atomic mass is 10.1. The number of benzene rings is 2. The second kappa shape index (κ2) is 8.45. The Hall–Kier alpha value is -4.08. The molecule has 1 amide bonds. The van der Waals surface area contributed by atoms with E-state index in [-0.39, 0.29) is 28.9 Å². The van der Waals surface area contributed by atoms with E-state index in [0.29, 0.717) is 22.5 Å². The Morgan fingerprint density at radius 3 is 2.30 bits per heavy atom. The third kappa shape index (κ3) is 4.45. The molecule has 0 fully saturated rings. The summed E-state index contributed by atoms with van der Waals surface area (Å²) in [7, 11) is 3.33. The van der Waals surface area contributed by atoms with Gasteiger partial charge in [-0.05, 0) is 31.2 Å². The van der Waals surface area contributed by atoms with Crippen LogP contribution >= 0.6 is 0 Å². The molecule has 0 aliphatic heterocycles. The molecule has 2 aromatic carbocycles. The first-order chi connectivity index (χ1) is 15.6. The van der Waals surface area contributed by atoms with Gasteiger partial charge in [-0.2, -0.15) is 13.2 Å². The number of hydrogen-bond acceptors (Lipinski definition) is 6. The molecule has 2 aromatic heterocycles. The molecule has 0 spiro atoms. The summed E-state index contributed by atoms with van der Waals surface area (Å²) in [5, 5.41) is 7.70. The van der Waals surface area contributed by atoms with Crippen LogP contribution in [-0.2, 0) is 6.18 Å². The zero-order chi connectivity index (χ0) is 23.8. The fraction of sp³-hybridized carbons (Fsp3) is 0.174. The fourth-order valence-electron chi connectivity index (χ4n) is 3.18. The standard InChI is InChI=1S/C23H18F3N5O2/c1-13-19(21-30-29-20(33-21)16-6-4-5-7-17(16)23(24,25)26)28-18(12-27-13)14-8-10-15(11-9-14)22(32)31(2)3/h4-12H,1-3H3. The van der Waals surface area contributed by atoms with Gasteiger partial charge in [-0.1, -0.05) is 24.3 Å². The monoisotopic (exact) mass is 453 g/mol. The molecule has 0 aliphatic rings. The van der Waals surface area contributed by atoms with Crippen LogP contribution in [0.2, 0.25) is 0 Å². The molecule has 0 radical (unpaired) electrons. The van der Waals surface area contributed by atoms with Crippen LogP contribution in [0.3, 0.4) is 0 Å². The number of aryl methyl sites for hydroxylation is 1. The minimum Gasteiger partial charge on any atom is -0.415 e. The maximum atomic E-state index is 13.4. The Balaban J connectivity index is 1.70. The second-order valence-corrected chi connectivity index (χ2v) is 7.42. The smallest absolute Gasteiger partial charge is 0.415 e. The van der Waals surface area contributed by atoms with Crippen molar-refractivity contribution in [1.29, 1.82) is 0 Å². The van der Waals surface area contributed by atoms with E-state index in [1.165, 1.54) is 23.1 Å². The molecular weight excluding hydrogens is 435 g/mol. The van der Waals surface area contributed by atoms with Crippen LogP contribution in [0.5, 0.6) is 0 Å². The largest absolute Gasteiger partial charge is 0.417 e. The molecule has 0 N–H and O–H groups in total. The van der Waals surface area contributed by atoms with Crippen molar-refractivity contribution < 1.29 is 22.4 Å². The van der Waals surface area contributed by atoms with Gasteiger partial charge in [0.2, 0.25) is 5.89 Å². The molecule has 0 saturated carbocycles. The van der Waals surface area contributed by atoms with E-state index in [4.69, 9.17) is 4.42 Å². The molecule has 7 nitrogen and oxygen atoms in total. The molecule has 10 heteroatoms. The maximum absolute atomic E-state index is 13.4. The molecule has 33 heavy (non-hydrogen) atoms. The molecule has 4 rings (SSSR count). The summed E-state index contributed by atoms with van der Waals surface area (Å²) in [5.74, 6) is -0.445. The molecular formula is C23H18F3N5O2. The summed E-state index contributed by atoms with van der Waals surface area (Å²) < 4.78 is 45.6. The van der Waals surface area contributed by atoms with Crippen LogP contribution in [0.4, 0.5) is 13.2 Å². The second-order valence-electron chi connectivity index (χ2n) is 7.42. The Morgan fingerprint density at radius 2 is 1.64 bits per heavy atom. The van der Waals surface area contributed by atoms with E-state index >= 15 is 0 Å². The van der Waals surface area contributed by atoms with Crippen LogP contribution < -0.4 is 0 Å². The number of nitrogens with zero attached hydrogens (tertiary/aromatic N) is 5. The zero-order valence-electron chi connectivity index (χ0n) is 17.9. The van der Waals surface area contributed by atoms with Crippen LogP contribution in [0.1, 0.15) is 21.6 Å². The number of halogens is 3. The summed E-state index contributed by atoms with van der Waals surface area (Å²) in [6, 6.07) is 11.8. The van der Waals surface area contributed by atoms with Crippen molar-refractivity contribution in [1.82, 2.24) is 25.1 Å². The molecule has 4 aromatic rings. The Morgan fingerprint density at radius 1 is 0.970 bits per heavy atom. The summed E-state index contributed by atoms with van der Waals surface area (Å²) in [6.07, 6.45) is -3.02. The predicted octanol–water partition coefficient (Wildman–Crippen LogP) is 4.89.